The molecule has 2 atom stereocenters. The maximum absolute atomic E-state index is 13.3. The number of rotatable bonds is 23. The van der Waals surface area contributed by atoms with E-state index in [0.717, 1.165) is 5.56 Å². The van der Waals surface area contributed by atoms with Crippen LogP contribution in [0.15, 0.2) is 95.3 Å². The van der Waals surface area contributed by atoms with Crippen LogP contribution in [0.1, 0.15) is 44.7 Å². The number of aliphatic hydroxyl groups is 1. The minimum Gasteiger partial charge on any atom is -0.497 e. The van der Waals surface area contributed by atoms with Gasteiger partial charge in [0.2, 0.25) is 0 Å². The van der Waals surface area contributed by atoms with Crippen LogP contribution in [0.5, 0.6) is 23.0 Å². The van der Waals surface area contributed by atoms with Crippen molar-refractivity contribution in [3.05, 3.63) is 106 Å². The van der Waals surface area contributed by atoms with Gasteiger partial charge in [0.05, 0.1) is 50.1 Å². The Morgan fingerprint density at radius 1 is 0.796 bits per heavy atom. The summed E-state index contributed by atoms with van der Waals surface area (Å²) in [5.74, 6) is -0.212. The highest BCUT2D eigenvalue weighted by Gasteiger charge is 2.37. The van der Waals surface area contributed by atoms with Crippen molar-refractivity contribution in [3.63, 3.8) is 0 Å². The first-order valence-electron chi connectivity index (χ1n) is 17.9. The molecule has 0 radical (unpaired) electrons. The molecule has 4 rings (SSSR count). The third kappa shape index (κ3) is 13.1. The van der Waals surface area contributed by atoms with Crippen molar-refractivity contribution in [1.82, 2.24) is 10.6 Å². The second kappa shape index (κ2) is 21.6. The highest BCUT2D eigenvalue weighted by atomic mass is 16.6. The molecule has 3 aromatic rings. The van der Waals surface area contributed by atoms with Gasteiger partial charge in [0, 0.05) is 24.5 Å². The highest BCUT2D eigenvalue weighted by molar-refractivity contribution is 5.99. The summed E-state index contributed by atoms with van der Waals surface area (Å²) in [6.07, 6.45) is -0.502. The number of hydrogen-bond acceptors (Lipinski definition) is 12. The van der Waals surface area contributed by atoms with E-state index in [1.165, 1.54) is 7.11 Å². The first kappa shape index (κ1) is 41.7. The molecule has 0 fully saturated rings. The smallest absolute Gasteiger partial charge is 0.336 e. The van der Waals surface area contributed by atoms with Crippen LogP contribution in [-0.4, -0.2) is 94.2 Å². The summed E-state index contributed by atoms with van der Waals surface area (Å²) in [4.78, 5) is 25.6. The second-order valence-electron chi connectivity index (χ2n) is 12.8. The average Bonchev–Trinajstić information content (AvgIpc) is 3.15. The zero-order valence-corrected chi connectivity index (χ0v) is 31.6. The Morgan fingerprint density at radius 2 is 1.44 bits per heavy atom. The molecule has 0 aliphatic carbocycles. The maximum atomic E-state index is 13.3. The molecule has 0 spiro atoms. The molecule has 1 heterocycles. The van der Waals surface area contributed by atoms with Crippen LogP contribution < -0.4 is 29.6 Å². The summed E-state index contributed by atoms with van der Waals surface area (Å²) < 4.78 is 39.2. The number of carboxylic acid groups (broad SMARTS) is 1. The average molecular weight is 749 g/mol. The van der Waals surface area contributed by atoms with E-state index in [1.54, 1.807) is 62.4 Å². The Morgan fingerprint density at radius 3 is 2.11 bits per heavy atom. The van der Waals surface area contributed by atoms with Gasteiger partial charge in [0.15, 0.2) is 0 Å². The fraction of sp³-hybridized carbons (Fsp3) is 0.415. The number of methoxy groups -OCH3 is 1. The molecular weight excluding hydrogens is 696 g/mol. The Balaban J connectivity index is 1.12. The molecule has 0 amide bonds. The van der Waals surface area contributed by atoms with Crippen LogP contribution in [0.25, 0.3) is 0 Å². The maximum Gasteiger partial charge on any atom is 0.336 e. The van der Waals surface area contributed by atoms with E-state index in [0.29, 0.717) is 79.5 Å². The topological polar surface area (TPSA) is 163 Å². The van der Waals surface area contributed by atoms with Crippen LogP contribution in [-0.2, 0) is 30.4 Å². The summed E-state index contributed by atoms with van der Waals surface area (Å²) in [7, 11) is 1.52. The van der Waals surface area contributed by atoms with E-state index in [2.05, 4.69) is 10.6 Å². The lowest BCUT2D eigenvalue weighted by Crippen LogP contribution is -2.33. The molecule has 54 heavy (non-hydrogen) atoms. The lowest BCUT2D eigenvalue weighted by Gasteiger charge is -2.29. The number of allylic oxidation sites excluding steroid dienone is 2. The standard InChI is InChI=1S/C41H52N2O11/c1-27(2)50-20-19-49-25-30-9-11-35(12-10-30)54-26-32(44)24-42-17-18-51-33-13-15-34(16-14-33)52-21-22-53-41(47)38-29(4)43-28(3)37(40(45)46)39(38)31-7-6-8-36(23-31)48-5/h6-16,23,27,32,39,42-44H,17-22,24-26H2,1-5H3,(H,45,46). The van der Waals surface area contributed by atoms with E-state index >= 15 is 0 Å². The third-order valence-corrected chi connectivity index (χ3v) is 8.29. The predicted molar refractivity (Wildman–Crippen MR) is 202 cm³/mol. The van der Waals surface area contributed by atoms with Gasteiger partial charge >= 0.3 is 11.9 Å². The zero-order valence-electron chi connectivity index (χ0n) is 31.6. The number of aliphatic carboxylic acids is 1. The molecule has 2 unspecified atom stereocenters. The van der Waals surface area contributed by atoms with Crippen molar-refractivity contribution in [2.24, 2.45) is 0 Å². The first-order valence-corrected chi connectivity index (χ1v) is 17.9. The molecule has 1 aliphatic heterocycles. The minimum atomic E-state index is -1.14. The van der Waals surface area contributed by atoms with Crippen LogP contribution in [0.3, 0.4) is 0 Å². The number of hydrogen-bond donors (Lipinski definition) is 4. The first-order chi connectivity index (χ1) is 26.0. The van der Waals surface area contributed by atoms with Gasteiger partial charge in [-0.1, -0.05) is 24.3 Å². The van der Waals surface area contributed by atoms with Gasteiger partial charge in [-0.2, -0.15) is 0 Å². The Hall–Kier alpha value is -5.08. The van der Waals surface area contributed by atoms with Crippen molar-refractivity contribution in [2.75, 3.05) is 59.8 Å². The van der Waals surface area contributed by atoms with Gasteiger partial charge in [0.1, 0.15) is 55.5 Å². The van der Waals surface area contributed by atoms with Gasteiger partial charge in [0.25, 0.3) is 0 Å². The SMILES string of the molecule is COc1cccc(C2C(C(=O)O)=C(C)NC(C)=C2C(=O)OCCOc2ccc(OCCNCC(O)COc3ccc(COCCOC(C)C)cc3)cc2)c1. The number of carboxylic acids is 1. The summed E-state index contributed by atoms with van der Waals surface area (Å²) in [5, 5.41) is 26.5. The zero-order chi connectivity index (χ0) is 38.9. The van der Waals surface area contributed by atoms with E-state index < -0.39 is 24.0 Å². The number of benzene rings is 3. The lowest BCUT2D eigenvalue weighted by molar-refractivity contribution is -0.140. The summed E-state index contributed by atoms with van der Waals surface area (Å²) in [6.45, 7) is 10.4. The van der Waals surface area contributed by atoms with E-state index in [1.807, 2.05) is 38.1 Å². The van der Waals surface area contributed by atoms with Crippen molar-refractivity contribution in [3.8, 4) is 23.0 Å². The van der Waals surface area contributed by atoms with Gasteiger partial charge in [-0.25, -0.2) is 9.59 Å². The summed E-state index contributed by atoms with van der Waals surface area (Å²) in [5.41, 5.74) is 2.85. The molecule has 0 bridgehead atoms. The fourth-order valence-electron chi connectivity index (χ4n) is 5.68. The monoisotopic (exact) mass is 748 g/mol. The number of aliphatic hydroxyl groups excluding tert-OH is 1. The van der Waals surface area contributed by atoms with Crippen LogP contribution in [0.2, 0.25) is 0 Å². The number of dihydropyridines is 1. The predicted octanol–water partition coefficient (Wildman–Crippen LogP) is 4.99. The molecule has 0 aromatic heterocycles. The highest BCUT2D eigenvalue weighted by Crippen LogP contribution is 2.39. The lowest BCUT2D eigenvalue weighted by atomic mass is 9.80. The van der Waals surface area contributed by atoms with Crippen LogP contribution in [0, 0.1) is 0 Å². The van der Waals surface area contributed by atoms with Gasteiger partial charge in [-0.15, -0.1) is 0 Å². The molecule has 1 aliphatic rings. The molecule has 0 saturated carbocycles. The summed E-state index contributed by atoms with van der Waals surface area (Å²) in [6, 6.07) is 21.6. The Labute approximate surface area is 316 Å². The number of carbonyl (C=O) groups is 2. The molecule has 13 nitrogen and oxygen atoms in total. The Bertz CT molecular complexity index is 1700. The fourth-order valence-corrected chi connectivity index (χ4v) is 5.68. The Kier molecular flexibility index (Phi) is 16.7. The van der Waals surface area contributed by atoms with Crippen LogP contribution in [0.4, 0.5) is 0 Å². The van der Waals surface area contributed by atoms with E-state index in [9.17, 15) is 19.8 Å². The van der Waals surface area contributed by atoms with E-state index in [4.69, 9.17) is 33.2 Å². The van der Waals surface area contributed by atoms with Crippen molar-refractivity contribution >= 4 is 11.9 Å². The molecular formula is C41H52N2O11. The third-order valence-electron chi connectivity index (χ3n) is 8.29. The summed E-state index contributed by atoms with van der Waals surface area (Å²) >= 11 is 0. The van der Waals surface area contributed by atoms with Gasteiger partial charge in [-0.3, -0.25) is 0 Å². The van der Waals surface area contributed by atoms with Crippen molar-refractivity contribution in [1.29, 1.82) is 0 Å². The molecule has 292 valence electrons. The molecule has 3 aromatic carbocycles. The minimum absolute atomic E-state index is 0.0522. The van der Waals surface area contributed by atoms with Gasteiger partial charge in [-0.05, 0) is 87.4 Å². The van der Waals surface area contributed by atoms with Gasteiger partial charge < -0.3 is 54.0 Å². The number of ether oxygens (including phenoxy) is 7. The number of nitrogens with one attached hydrogen (secondary N) is 2. The molecule has 13 heteroatoms. The van der Waals surface area contributed by atoms with Crippen molar-refractivity contribution in [2.45, 2.75) is 52.4 Å². The number of carbonyl (C=O) groups excluding carboxylic acids is 1. The quantitative estimate of drug-likeness (QED) is 0.0759. The van der Waals surface area contributed by atoms with Crippen molar-refractivity contribution < 1.29 is 53.0 Å². The largest absolute Gasteiger partial charge is 0.497 e. The van der Waals surface area contributed by atoms with Crippen LogP contribution >= 0.6 is 0 Å². The van der Waals surface area contributed by atoms with E-state index in [-0.39, 0.29) is 37.1 Å². The molecule has 4 N–H and O–H groups in total. The number of esters is 1. The normalized spacial score (nSPS) is 14.8. The molecule has 0 saturated heterocycles. The second-order valence-corrected chi connectivity index (χ2v) is 12.8.